The number of benzene rings is 3. The Morgan fingerprint density at radius 1 is 0.925 bits per heavy atom. The highest BCUT2D eigenvalue weighted by Crippen LogP contribution is 2.66. The Balaban J connectivity index is 1.21. The van der Waals surface area contributed by atoms with Crippen LogP contribution in [0.1, 0.15) is 56.7 Å². The molecule has 2 bridgehead atoms. The molecular formula is C34H38N2O3S. The number of hydrogen-bond acceptors (Lipinski definition) is 4. The second kappa shape index (κ2) is 10.3. The van der Waals surface area contributed by atoms with E-state index in [1.54, 1.807) is 11.8 Å². The number of alkyl carbamates (subject to hydrolysis) is 1. The first-order chi connectivity index (χ1) is 19.3. The van der Waals surface area contributed by atoms with Gasteiger partial charge < -0.3 is 15.4 Å². The summed E-state index contributed by atoms with van der Waals surface area (Å²) in [4.78, 5) is 25.7. The number of fused-ring (bicyclic) bond motifs is 2. The molecule has 2 amide bonds. The second-order valence-corrected chi connectivity index (χ2v) is 13.6. The summed E-state index contributed by atoms with van der Waals surface area (Å²) < 4.78 is 5.52. The molecular weight excluding hydrogens is 516 g/mol. The van der Waals surface area contributed by atoms with Crippen LogP contribution in [0.25, 0.3) is 0 Å². The molecule has 3 aromatic carbocycles. The van der Waals surface area contributed by atoms with E-state index in [9.17, 15) is 9.59 Å². The fourth-order valence-corrected chi connectivity index (χ4v) is 8.94. The maximum Gasteiger partial charge on any atom is 0.408 e. The molecule has 2 saturated carbocycles. The Labute approximate surface area is 241 Å². The van der Waals surface area contributed by atoms with Gasteiger partial charge in [0.1, 0.15) is 12.1 Å². The van der Waals surface area contributed by atoms with E-state index in [0.29, 0.717) is 11.7 Å². The highest BCUT2D eigenvalue weighted by molar-refractivity contribution is 8.00. The smallest absolute Gasteiger partial charge is 0.408 e. The van der Waals surface area contributed by atoms with E-state index in [-0.39, 0.29) is 28.9 Å². The molecule has 3 aliphatic rings. The SMILES string of the molecule is CC1(C)C2CCC1(C)C(OC(=O)N[C@@H]1C(=O)N[C@@H]1CSC(c1ccccc1)(c1ccccc1)c1ccccc1)C2. The minimum atomic E-state index is -0.612. The van der Waals surface area contributed by atoms with E-state index in [0.717, 1.165) is 12.8 Å². The summed E-state index contributed by atoms with van der Waals surface area (Å²) in [7, 11) is 0. The van der Waals surface area contributed by atoms with Gasteiger partial charge in [-0.15, -0.1) is 11.8 Å². The monoisotopic (exact) mass is 554 g/mol. The number of ether oxygens (including phenoxy) is 1. The van der Waals surface area contributed by atoms with Gasteiger partial charge in [0.25, 0.3) is 0 Å². The van der Waals surface area contributed by atoms with Gasteiger partial charge in [-0.2, -0.15) is 0 Å². The highest BCUT2D eigenvalue weighted by atomic mass is 32.2. The maximum absolute atomic E-state index is 13.1. The maximum atomic E-state index is 13.1. The van der Waals surface area contributed by atoms with Gasteiger partial charge in [-0.25, -0.2) is 4.79 Å². The number of thioether (sulfide) groups is 1. The third kappa shape index (κ3) is 4.32. The summed E-state index contributed by atoms with van der Waals surface area (Å²) in [6.45, 7) is 6.86. The lowest BCUT2D eigenvalue weighted by Crippen LogP contribution is -2.70. The summed E-state index contributed by atoms with van der Waals surface area (Å²) in [5.41, 5.74) is 3.63. The molecule has 6 heteroatoms. The van der Waals surface area contributed by atoms with Crippen molar-refractivity contribution in [2.45, 2.75) is 63.0 Å². The molecule has 2 aliphatic carbocycles. The topological polar surface area (TPSA) is 67.4 Å². The fraction of sp³-hybridized carbons (Fsp3) is 0.412. The first-order valence-corrected chi connectivity index (χ1v) is 15.3. The summed E-state index contributed by atoms with van der Waals surface area (Å²) >= 11 is 1.78. The van der Waals surface area contributed by atoms with Crippen molar-refractivity contribution in [1.82, 2.24) is 10.6 Å². The molecule has 2 N–H and O–H groups in total. The zero-order valence-corrected chi connectivity index (χ0v) is 24.2. The van der Waals surface area contributed by atoms with Crippen LogP contribution in [0.3, 0.4) is 0 Å². The standard InChI is InChI=1S/C34H38N2O3S/c1-32(2)26-19-20-33(32,3)28(21-26)39-31(38)36-29-27(35-30(29)37)22-40-34(23-13-7-4-8-14-23,24-15-9-5-10-16-24)25-17-11-6-12-18-25/h4-18,26-29H,19-22H2,1-3H3,(H,35,37)(H,36,38)/t26?,27-,28?,29+,33?/m1/s1. The van der Waals surface area contributed by atoms with Crippen molar-refractivity contribution in [3.05, 3.63) is 108 Å². The lowest BCUT2D eigenvalue weighted by Gasteiger charge is -2.42. The first kappa shape index (κ1) is 26.9. The summed E-state index contributed by atoms with van der Waals surface area (Å²) in [6.07, 6.45) is 2.58. The average molecular weight is 555 g/mol. The van der Waals surface area contributed by atoms with Crippen LogP contribution in [0.2, 0.25) is 0 Å². The Hall–Kier alpha value is -3.25. The van der Waals surface area contributed by atoms with Gasteiger partial charge in [-0.05, 0) is 47.3 Å². The van der Waals surface area contributed by atoms with Crippen molar-refractivity contribution in [1.29, 1.82) is 0 Å². The molecule has 1 heterocycles. The van der Waals surface area contributed by atoms with Gasteiger partial charge in [0.05, 0.1) is 10.8 Å². The lowest BCUT2D eigenvalue weighted by molar-refractivity contribution is -0.131. The molecule has 0 aromatic heterocycles. The molecule has 3 fully saturated rings. The molecule has 5 nitrogen and oxygen atoms in total. The first-order valence-electron chi connectivity index (χ1n) is 14.3. The number of carbonyl (C=O) groups is 2. The van der Waals surface area contributed by atoms with Crippen LogP contribution in [0.5, 0.6) is 0 Å². The van der Waals surface area contributed by atoms with Crippen LogP contribution in [0, 0.1) is 16.7 Å². The van der Waals surface area contributed by atoms with Gasteiger partial charge >= 0.3 is 6.09 Å². The van der Waals surface area contributed by atoms with Gasteiger partial charge in [0, 0.05) is 11.2 Å². The third-order valence-corrected chi connectivity index (χ3v) is 11.9. The van der Waals surface area contributed by atoms with Crippen LogP contribution >= 0.6 is 11.8 Å². The Morgan fingerprint density at radius 3 is 1.88 bits per heavy atom. The molecule has 6 rings (SSSR count). The predicted molar refractivity (Wildman–Crippen MR) is 160 cm³/mol. The molecule has 0 radical (unpaired) electrons. The normalized spacial score (nSPS) is 28.4. The molecule has 1 saturated heterocycles. The largest absolute Gasteiger partial charge is 0.446 e. The third-order valence-electron chi connectivity index (χ3n) is 10.3. The van der Waals surface area contributed by atoms with Crippen molar-refractivity contribution >= 4 is 23.8 Å². The number of nitrogens with one attached hydrogen (secondary N) is 2. The lowest BCUT2D eigenvalue weighted by atomic mass is 9.70. The van der Waals surface area contributed by atoms with E-state index in [1.807, 2.05) is 18.2 Å². The van der Waals surface area contributed by atoms with Crippen LogP contribution in [0.4, 0.5) is 4.79 Å². The molecule has 5 atom stereocenters. The van der Waals surface area contributed by atoms with Crippen LogP contribution < -0.4 is 10.6 Å². The molecule has 3 aromatic rings. The molecule has 1 aliphatic heterocycles. The van der Waals surface area contributed by atoms with E-state index in [1.165, 1.54) is 23.1 Å². The van der Waals surface area contributed by atoms with Crippen molar-refractivity contribution in [3.63, 3.8) is 0 Å². The van der Waals surface area contributed by atoms with Gasteiger partial charge in [-0.1, -0.05) is 112 Å². The molecule has 0 spiro atoms. The predicted octanol–water partition coefficient (Wildman–Crippen LogP) is 6.52. The van der Waals surface area contributed by atoms with Crippen molar-refractivity contribution in [3.8, 4) is 0 Å². The van der Waals surface area contributed by atoms with Crippen molar-refractivity contribution in [2.24, 2.45) is 16.7 Å². The minimum absolute atomic E-state index is 0.0210. The van der Waals surface area contributed by atoms with Gasteiger partial charge in [-0.3, -0.25) is 4.79 Å². The van der Waals surface area contributed by atoms with Gasteiger partial charge in [0.15, 0.2) is 0 Å². The number of hydrogen-bond donors (Lipinski definition) is 2. The quantitative estimate of drug-likeness (QED) is 0.246. The summed E-state index contributed by atoms with van der Waals surface area (Å²) in [5.74, 6) is 1.03. The number of β-lactam (4-membered cyclic amide) rings is 1. The number of rotatable bonds is 8. The number of carbonyl (C=O) groups excluding carboxylic acids is 2. The molecule has 208 valence electrons. The minimum Gasteiger partial charge on any atom is -0.446 e. The highest BCUT2D eigenvalue weighted by Gasteiger charge is 2.63. The van der Waals surface area contributed by atoms with E-state index in [2.05, 4.69) is 104 Å². The van der Waals surface area contributed by atoms with E-state index in [4.69, 9.17) is 4.74 Å². The molecule has 40 heavy (non-hydrogen) atoms. The van der Waals surface area contributed by atoms with Crippen molar-refractivity contribution in [2.75, 3.05) is 5.75 Å². The Morgan fingerprint density at radius 2 is 1.45 bits per heavy atom. The summed E-state index contributed by atoms with van der Waals surface area (Å²) in [5, 5.41) is 5.95. The fourth-order valence-electron chi connectivity index (χ4n) is 7.33. The second-order valence-electron chi connectivity index (χ2n) is 12.3. The van der Waals surface area contributed by atoms with E-state index >= 15 is 0 Å². The Kier molecular flexibility index (Phi) is 6.94. The molecule has 3 unspecified atom stereocenters. The van der Waals surface area contributed by atoms with Crippen LogP contribution in [0.15, 0.2) is 91.0 Å². The van der Waals surface area contributed by atoms with Crippen LogP contribution in [-0.4, -0.2) is 35.9 Å². The van der Waals surface area contributed by atoms with Gasteiger partial charge in [0.2, 0.25) is 5.91 Å². The Bertz CT molecular complexity index is 1270. The number of amides is 2. The van der Waals surface area contributed by atoms with E-state index < -0.39 is 16.9 Å². The average Bonchev–Trinajstić information content (AvgIpc) is 3.31. The van der Waals surface area contributed by atoms with Crippen LogP contribution in [-0.2, 0) is 14.3 Å². The zero-order valence-electron chi connectivity index (χ0n) is 23.4. The summed E-state index contributed by atoms with van der Waals surface area (Å²) in [6, 6.07) is 30.7. The zero-order chi connectivity index (χ0) is 28.0. The van der Waals surface area contributed by atoms with Crippen molar-refractivity contribution < 1.29 is 14.3 Å².